The molecule has 0 saturated carbocycles. The molecule has 17 heavy (non-hydrogen) atoms. The highest BCUT2D eigenvalue weighted by atomic mass is 32.2. The van der Waals surface area contributed by atoms with E-state index >= 15 is 0 Å². The van der Waals surface area contributed by atoms with Gasteiger partial charge < -0.3 is 5.73 Å². The van der Waals surface area contributed by atoms with E-state index in [2.05, 4.69) is 35.7 Å². The molecule has 2 atom stereocenters. The summed E-state index contributed by atoms with van der Waals surface area (Å²) in [5.41, 5.74) is 5.77. The van der Waals surface area contributed by atoms with Gasteiger partial charge in [-0.2, -0.15) is 21.7 Å². The zero-order valence-corrected chi connectivity index (χ0v) is 12.0. The molecule has 0 amide bonds. The molecule has 2 N–H and O–H groups in total. The summed E-state index contributed by atoms with van der Waals surface area (Å²) in [4.78, 5) is 13.1. The van der Waals surface area contributed by atoms with Crippen LogP contribution in [0.2, 0.25) is 0 Å². The maximum absolute atomic E-state index is 5.77. The van der Waals surface area contributed by atoms with Crippen molar-refractivity contribution in [2.75, 3.05) is 17.2 Å². The lowest BCUT2D eigenvalue weighted by molar-refractivity contribution is 0.721. The topological polar surface area (TPSA) is 64.7 Å². The summed E-state index contributed by atoms with van der Waals surface area (Å²) in [5.74, 6) is 4.65. The quantitative estimate of drug-likeness (QED) is 0.890. The lowest BCUT2D eigenvalue weighted by atomic mass is 10.2. The van der Waals surface area contributed by atoms with Gasteiger partial charge in [-0.3, -0.25) is 0 Å². The number of hydrogen-bond donors (Lipinski definition) is 1. The fourth-order valence-corrected chi connectivity index (χ4v) is 4.42. The number of aromatic nitrogens is 3. The Morgan fingerprint density at radius 3 is 2.53 bits per heavy atom. The smallest absolute Gasteiger partial charge is 0.223 e. The zero-order valence-electron chi connectivity index (χ0n) is 10.4. The summed E-state index contributed by atoms with van der Waals surface area (Å²) >= 11 is 3.90. The van der Waals surface area contributed by atoms with E-state index in [1.54, 1.807) is 0 Å². The van der Waals surface area contributed by atoms with Crippen molar-refractivity contribution in [3.63, 3.8) is 0 Å². The molecule has 1 aromatic rings. The number of hydrogen-bond acceptors (Lipinski definition) is 6. The van der Waals surface area contributed by atoms with Crippen molar-refractivity contribution in [2.24, 2.45) is 0 Å². The number of nitrogens with two attached hydrogens (primary N) is 1. The molecular weight excluding hydrogens is 252 g/mol. The van der Waals surface area contributed by atoms with Gasteiger partial charge in [0.05, 0.1) is 5.25 Å². The van der Waals surface area contributed by atoms with Gasteiger partial charge in [0.2, 0.25) is 5.95 Å². The fourth-order valence-electron chi connectivity index (χ4n) is 1.73. The molecule has 4 nitrogen and oxygen atoms in total. The summed E-state index contributed by atoms with van der Waals surface area (Å²) in [6, 6.07) is 0. The third kappa shape index (κ3) is 3.04. The highest BCUT2D eigenvalue weighted by Gasteiger charge is 2.27. The van der Waals surface area contributed by atoms with E-state index in [9.17, 15) is 0 Å². The first-order chi connectivity index (χ1) is 8.08. The van der Waals surface area contributed by atoms with Crippen LogP contribution in [0.4, 0.5) is 5.95 Å². The van der Waals surface area contributed by atoms with Crippen LogP contribution in [0.5, 0.6) is 0 Å². The average Bonchev–Trinajstić information content (AvgIpc) is 2.28. The maximum atomic E-state index is 5.77. The molecule has 2 unspecified atom stereocenters. The van der Waals surface area contributed by atoms with Crippen LogP contribution in [0.25, 0.3) is 0 Å². The monoisotopic (exact) mass is 270 g/mol. The predicted molar refractivity (Wildman–Crippen MR) is 75.4 cm³/mol. The summed E-state index contributed by atoms with van der Waals surface area (Å²) in [6.45, 7) is 6.38. The second kappa shape index (κ2) is 5.44. The Kier molecular flexibility index (Phi) is 4.14. The predicted octanol–water partition coefficient (Wildman–Crippen LogP) is 2.49. The third-order valence-electron chi connectivity index (χ3n) is 2.65. The van der Waals surface area contributed by atoms with Crippen LogP contribution in [0, 0.1) is 0 Å². The molecule has 0 aliphatic carbocycles. The molecule has 0 radical (unpaired) electrons. The second-order valence-corrected chi connectivity index (χ2v) is 7.17. The van der Waals surface area contributed by atoms with Crippen molar-refractivity contribution in [1.82, 2.24) is 15.0 Å². The van der Waals surface area contributed by atoms with Crippen molar-refractivity contribution in [2.45, 2.75) is 37.2 Å². The van der Waals surface area contributed by atoms with Crippen molar-refractivity contribution in [1.29, 1.82) is 0 Å². The first-order valence-electron chi connectivity index (χ1n) is 5.82. The van der Waals surface area contributed by atoms with Gasteiger partial charge in [-0.25, -0.2) is 4.98 Å². The molecule has 1 aliphatic rings. The summed E-state index contributed by atoms with van der Waals surface area (Å²) in [7, 11) is 0. The van der Waals surface area contributed by atoms with E-state index in [1.165, 1.54) is 5.75 Å². The minimum absolute atomic E-state index is 0.288. The number of rotatable bonds is 2. The Balaban J connectivity index is 2.30. The molecule has 1 aliphatic heterocycles. The maximum Gasteiger partial charge on any atom is 0.223 e. The van der Waals surface area contributed by atoms with Crippen molar-refractivity contribution >= 4 is 29.5 Å². The number of thioether (sulfide) groups is 2. The lowest BCUT2D eigenvalue weighted by Crippen LogP contribution is -2.20. The van der Waals surface area contributed by atoms with Gasteiger partial charge in [-0.05, 0) is 0 Å². The number of anilines is 1. The minimum Gasteiger partial charge on any atom is -0.368 e. The fraction of sp³-hybridized carbons (Fsp3) is 0.727. The van der Waals surface area contributed by atoms with Crippen LogP contribution in [0.15, 0.2) is 0 Å². The largest absolute Gasteiger partial charge is 0.368 e. The van der Waals surface area contributed by atoms with E-state index in [0.717, 1.165) is 17.4 Å². The van der Waals surface area contributed by atoms with Crippen molar-refractivity contribution < 1.29 is 0 Å². The third-order valence-corrected chi connectivity index (χ3v) is 5.73. The van der Waals surface area contributed by atoms with Gasteiger partial charge in [-0.1, -0.05) is 20.8 Å². The second-order valence-electron chi connectivity index (χ2n) is 4.43. The Bertz CT molecular complexity index is 397. The van der Waals surface area contributed by atoms with Gasteiger partial charge in [0.15, 0.2) is 0 Å². The van der Waals surface area contributed by atoms with E-state index in [1.807, 2.05) is 23.5 Å². The lowest BCUT2D eigenvalue weighted by Gasteiger charge is -2.26. The molecule has 0 bridgehead atoms. The van der Waals surface area contributed by atoms with E-state index in [4.69, 9.17) is 5.73 Å². The SMILES string of the molecule is CC(C)c1nc(N)nc(C2SCCSC2C)n1. The zero-order chi connectivity index (χ0) is 12.4. The Hall–Kier alpha value is -0.490. The molecule has 1 saturated heterocycles. The molecule has 1 aromatic heterocycles. The molecule has 94 valence electrons. The molecule has 0 aromatic carbocycles. The molecule has 2 heterocycles. The van der Waals surface area contributed by atoms with Gasteiger partial charge in [0.25, 0.3) is 0 Å². The number of nitrogens with zero attached hydrogens (tertiary/aromatic N) is 3. The normalized spacial score (nSPS) is 25.2. The van der Waals surface area contributed by atoms with Crippen LogP contribution >= 0.6 is 23.5 Å². The average molecular weight is 270 g/mol. The Labute approximate surface area is 111 Å². The van der Waals surface area contributed by atoms with Crippen LogP contribution < -0.4 is 5.73 Å². The van der Waals surface area contributed by atoms with E-state index in [-0.39, 0.29) is 5.92 Å². The summed E-state index contributed by atoms with van der Waals surface area (Å²) in [5, 5.41) is 0.882. The standard InChI is InChI=1S/C11H18N4S2/c1-6(2)9-13-10(15-11(12)14-9)8-7(3)16-4-5-17-8/h6-8H,4-5H2,1-3H3,(H2,12,13,14,15). The van der Waals surface area contributed by atoms with Gasteiger partial charge in [-0.15, -0.1) is 11.8 Å². The van der Waals surface area contributed by atoms with Gasteiger partial charge in [0, 0.05) is 22.7 Å². The molecule has 1 fully saturated rings. The Morgan fingerprint density at radius 2 is 1.88 bits per heavy atom. The van der Waals surface area contributed by atoms with Gasteiger partial charge >= 0.3 is 0 Å². The summed E-state index contributed by atoms with van der Waals surface area (Å²) in [6.07, 6.45) is 0. The van der Waals surface area contributed by atoms with Gasteiger partial charge in [0.1, 0.15) is 11.6 Å². The first-order valence-corrected chi connectivity index (χ1v) is 7.92. The van der Waals surface area contributed by atoms with Crippen LogP contribution in [0.1, 0.15) is 43.6 Å². The van der Waals surface area contributed by atoms with Crippen molar-refractivity contribution in [3.05, 3.63) is 11.6 Å². The highest BCUT2D eigenvalue weighted by Crippen LogP contribution is 2.41. The number of nitrogen functional groups attached to an aromatic ring is 1. The van der Waals surface area contributed by atoms with Crippen LogP contribution in [-0.4, -0.2) is 31.7 Å². The Morgan fingerprint density at radius 1 is 1.18 bits per heavy atom. The van der Waals surface area contributed by atoms with E-state index in [0.29, 0.717) is 16.4 Å². The first kappa shape index (κ1) is 13.0. The highest BCUT2D eigenvalue weighted by molar-refractivity contribution is 8.06. The molecule has 0 spiro atoms. The molecule has 6 heteroatoms. The summed E-state index contributed by atoms with van der Waals surface area (Å²) < 4.78 is 0. The molecule has 2 rings (SSSR count). The van der Waals surface area contributed by atoms with E-state index < -0.39 is 0 Å². The molecular formula is C11H18N4S2. The van der Waals surface area contributed by atoms with Crippen LogP contribution in [0.3, 0.4) is 0 Å². The van der Waals surface area contributed by atoms with Crippen LogP contribution in [-0.2, 0) is 0 Å². The minimum atomic E-state index is 0.288. The van der Waals surface area contributed by atoms with Crippen molar-refractivity contribution in [3.8, 4) is 0 Å².